The SMILES string of the molecule is Cc1cc2c(cc1C)O[C@@H](C(=O)N[C@H](CC(=O)O)c1cccs1)C2. The third-order valence-electron chi connectivity index (χ3n) is 4.23. The normalized spacial score (nSPS) is 17.0. The van der Waals surface area contributed by atoms with Crippen LogP contribution in [0.4, 0.5) is 0 Å². The fourth-order valence-corrected chi connectivity index (χ4v) is 3.59. The summed E-state index contributed by atoms with van der Waals surface area (Å²) in [5, 5.41) is 13.8. The first-order chi connectivity index (χ1) is 11.4. The number of aryl methyl sites for hydroxylation is 2. The van der Waals surface area contributed by atoms with Crippen LogP contribution in [0.2, 0.25) is 0 Å². The molecule has 2 aromatic rings. The number of carbonyl (C=O) groups excluding carboxylic acids is 1. The lowest BCUT2D eigenvalue weighted by Gasteiger charge is -2.18. The van der Waals surface area contributed by atoms with E-state index in [9.17, 15) is 9.59 Å². The Balaban J connectivity index is 1.71. The average Bonchev–Trinajstić information content (AvgIpc) is 3.16. The molecule has 0 radical (unpaired) electrons. The van der Waals surface area contributed by atoms with Crippen molar-refractivity contribution in [2.75, 3.05) is 0 Å². The molecule has 1 aliphatic rings. The third-order valence-corrected chi connectivity index (χ3v) is 5.21. The molecule has 1 amide bonds. The first kappa shape index (κ1) is 16.5. The van der Waals surface area contributed by atoms with E-state index >= 15 is 0 Å². The van der Waals surface area contributed by atoms with Gasteiger partial charge in [0.15, 0.2) is 6.10 Å². The molecular formula is C18H19NO4S. The summed E-state index contributed by atoms with van der Waals surface area (Å²) in [5.74, 6) is -0.485. The van der Waals surface area contributed by atoms with Gasteiger partial charge in [0.05, 0.1) is 12.5 Å². The van der Waals surface area contributed by atoms with Gasteiger partial charge in [-0.25, -0.2) is 0 Å². The quantitative estimate of drug-likeness (QED) is 0.873. The molecule has 0 bridgehead atoms. The van der Waals surface area contributed by atoms with E-state index in [0.717, 1.165) is 21.8 Å². The Morgan fingerprint density at radius 1 is 1.38 bits per heavy atom. The smallest absolute Gasteiger partial charge is 0.305 e. The third kappa shape index (κ3) is 3.43. The highest BCUT2D eigenvalue weighted by Crippen LogP contribution is 2.32. The first-order valence-corrected chi connectivity index (χ1v) is 8.64. The number of fused-ring (bicyclic) bond motifs is 1. The molecule has 0 fully saturated rings. The van der Waals surface area contributed by atoms with Gasteiger partial charge >= 0.3 is 5.97 Å². The van der Waals surface area contributed by atoms with Crippen LogP contribution < -0.4 is 10.1 Å². The second-order valence-electron chi connectivity index (χ2n) is 6.03. The number of benzene rings is 1. The number of thiophene rings is 1. The number of hydrogen-bond donors (Lipinski definition) is 2. The van der Waals surface area contributed by atoms with Crippen LogP contribution in [0.25, 0.3) is 0 Å². The fraction of sp³-hybridized carbons (Fsp3) is 0.333. The van der Waals surface area contributed by atoms with E-state index in [1.54, 1.807) is 0 Å². The number of nitrogens with one attached hydrogen (secondary N) is 1. The summed E-state index contributed by atoms with van der Waals surface area (Å²) in [4.78, 5) is 24.5. The summed E-state index contributed by atoms with van der Waals surface area (Å²) in [6.07, 6.45) is -0.256. The van der Waals surface area contributed by atoms with Crippen molar-refractivity contribution in [3.05, 3.63) is 51.2 Å². The summed E-state index contributed by atoms with van der Waals surface area (Å²) in [5.41, 5.74) is 3.31. The van der Waals surface area contributed by atoms with E-state index < -0.39 is 18.1 Å². The Labute approximate surface area is 144 Å². The molecule has 0 saturated heterocycles. The second kappa shape index (κ2) is 6.65. The van der Waals surface area contributed by atoms with Gasteiger partial charge in [0, 0.05) is 11.3 Å². The maximum atomic E-state index is 12.5. The Kier molecular flexibility index (Phi) is 4.57. The molecular weight excluding hydrogens is 326 g/mol. The number of hydrogen-bond acceptors (Lipinski definition) is 4. The van der Waals surface area contributed by atoms with Crippen LogP contribution in [-0.4, -0.2) is 23.1 Å². The summed E-state index contributed by atoms with van der Waals surface area (Å²) < 4.78 is 5.77. The lowest BCUT2D eigenvalue weighted by molar-refractivity contribution is -0.138. The largest absolute Gasteiger partial charge is 0.481 e. The Morgan fingerprint density at radius 2 is 2.12 bits per heavy atom. The molecule has 2 heterocycles. The average molecular weight is 345 g/mol. The Hall–Kier alpha value is -2.34. The van der Waals surface area contributed by atoms with Gasteiger partial charge in [-0.1, -0.05) is 12.1 Å². The highest BCUT2D eigenvalue weighted by Gasteiger charge is 2.31. The summed E-state index contributed by atoms with van der Waals surface area (Å²) >= 11 is 1.43. The van der Waals surface area contributed by atoms with E-state index in [0.29, 0.717) is 6.42 Å². The van der Waals surface area contributed by atoms with Crippen molar-refractivity contribution in [2.45, 2.75) is 38.8 Å². The molecule has 5 nitrogen and oxygen atoms in total. The summed E-state index contributed by atoms with van der Waals surface area (Å²) in [7, 11) is 0. The van der Waals surface area contributed by atoms with Crippen molar-refractivity contribution in [3.8, 4) is 5.75 Å². The van der Waals surface area contributed by atoms with Crippen molar-refractivity contribution in [1.29, 1.82) is 0 Å². The van der Waals surface area contributed by atoms with E-state index in [1.807, 2.05) is 43.5 Å². The molecule has 1 aliphatic heterocycles. The lowest BCUT2D eigenvalue weighted by Crippen LogP contribution is -2.40. The molecule has 0 spiro atoms. The van der Waals surface area contributed by atoms with Crippen LogP contribution in [0.5, 0.6) is 5.75 Å². The van der Waals surface area contributed by atoms with Crippen LogP contribution in [0.3, 0.4) is 0 Å². The highest BCUT2D eigenvalue weighted by molar-refractivity contribution is 7.10. The minimum atomic E-state index is -0.949. The van der Waals surface area contributed by atoms with Gasteiger partial charge in [0.1, 0.15) is 5.75 Å². The van der Waals surface area contributed by atoms with E-state index in [1.165, 1.54) is 16.9 Å². The van der Waals surface area contributed by atoms with E-state index in [-0.39, 0.29) is 12.3 Å². The van der Waals surface area contributed by atoms with Crippen molar-refractivity contribution >= 4 is 23.2 Å². The first-order valence-electron chi connectivity index (χ1n) is 7.76. The molecule has 3 rings (SSSR count). The standard InChI is InChI=1S/C18H19NO4S/c1-10-6-12-8-15(23-14(12)7-11(10)2)18(22)19-13(9-17(20)21)16-4-3-5-24-16/h3-7,13,15H,8-9H2,1-2H3,(H,19,22)(H,20,21)/t13-,15-/m1/s1. The second-order valence-corrected chi connectivity index (χ2v) is 7.01. The predicted octanol–water partition coefficient (Wildman–Crippen LogP) is 3.00. The number of rotatable bonds is 5. The molecule has 0 saturated carbocycles. The molecule has 1 aromatic carbocycles. The molecule has 2 atom stereocenters. The lowest BCUT2D eigenvalue weighted by atomic mass is 10.0. The molecule has 0 unspecified atom stereocenters. The van der Waals surface area contributed by atoms with Crippen molar-refractivity contribution < 1.29 is 19.4 Å². The zero-order valence-electron chi connectivity index (χ0n) is 13.5. The van der Waals surface area contributed by atoms with Crippen LogP contribution in [0.15, 0.2) is 29.6 Å². The van der Waals surface area contributed by atoms with Crippen molar-refractivity contribution in [3.63, 3.8) is 0 Å². The summed E-state index contributed by atoms with van der Waals surface area (Å²) in [6.45, 7) is 4.04. The Bertz CT molecular complexity index is 739. The minimum absolute atomic E-state index is 0.149. The number of carbonyl (C=O) groups is 2. The van der Waals surface area contributed by atoms with Crippen LogP contribution in [-0.2, 0) is 16.0 Å². The minimum Gasteiger partial charge on any atom is -0.481 e. The number of carboxylic acids is 1. The van der Waals surface area contributed by atoms with E-state index in [2.05, 4.69) is 5.32 Å². The van der Waals surface area contributed by atoms with Gasteiger partial charge in [-0.15, -0.1) is 11.3 Å². The van der Waals surface area contributed by atoms with Gasteiger partial charge in [-0.2, -0.15) is 0 Å². The predicted molar refractivity (Wildman–Crippen MR) is 91.5 cm³/mol. The zero-order valence-corrected chi connectivity index (χ0v) is 14.4. The van der Waals surface area contributed by atoms with Gasteiger partial charge in [0.25, 0.3) is 5.91 Å². The maximum absolute atomic E-state index is 12.5. The number of amides is 1. The maximum Gasteiger partial charge on any atom is 0.305 e. The van der Waals surface area contributed by atoms with Gasteiger partial charge in [-0.05, 0) is 48.1 Å². The molecule has 6 heteroatoms. The number of aliphatic carboxylic acids is 1. The van der Waals surface area contributed by atoms with Crippen LogP contribution in [0.1, 0.15) is 34.0 Å². The molecule has 0 aliphatic carbocycles. The molecule has 2 N–H and O–H groups in total. The van der Waals surface area contributed by atoms with Crippen molar-refractivity contribution in [2.24, 2.45) is 0 Å². The number of ether oxygens (including phenoxy) is 1. The topological polar surface area (TPSA) is 75.6 Å². The van der Waals surface area contributed by atoms with Crippen LogP contribution in [0, 0.1) is 13.8 Å². The molecule has 126 valence electrons. The van der Waals surface area contributed by atoms with Gasteiger partial charge < -0.3 is 15.2 Å². The van der Waals surface area contributed by atoms with Gasteiger partial charge in [-0.3, -0.25) is 9.59 Å². The molecule has 1 aromatic heterocycles. The highest BCUT2D eigenvalue weighted by atomic mass is 32.1. The van der Waals surface area contributed by atoms with Crippen molar-refractivity contribution in [1.82, 2.24) is 5.32 Å². The monoisotopic (exact) mass is 345 g/mol. The van der Waals surface area contributed by atoms with Crippen LogP contribution >= 0.6 is 11.3 Å². The Morgan fingerprint density at radius 3 is 2.79 bits per heavy atom. The zero-order chi connectivity index (χ0) is 17.3. The summed E-state index contributed by atoms with van der Waals surface area (Å²) in [6, 6.07) is 7.13. The van der Waals surface area contributed by atoms with E-state index in [4.69, 9.17) is 9.84 Å². The fourth-order valence-electron chi connectivity index (χ4n) is 2.81. The van der Waals surface area contributed by atoms with Gasteiger partial charge in [0.2, 0.25) is 0 Å². The number of carboxylic acid groups (broad SMARTS) is 1. The molecule has 24 heavy (non-hydrogen) atoms.